The number of furan rings is 1. The average Bonchev–Trinajstić information content (AvgIpc) is 3.06. The van der Waals surface area contributed by atoms with Gasteiger partial charge in [0.2, 0.25) is 0 Å². The van der Waals surface area contributed by atoms with Crippen LogP contribution in [0.1, 0.15) is 16.7 Å². The van der Waals surface area contributed by atoms with E-state index in [1.54, 1.807) is 18.0 Å². The Hall–Kier alpha value is -2.73. The Labute approximate surface area is 168 Å². The number of hydrogen-bond donors (Lipinski definition) is 1. The summed E-state index contributed by atoms with van der Waals surface area (Å²) in [5.74, 6) is 0.00128. The van der Waals surface area contributed by atoms with E-state index in [0.717, 1.165) is 32.7 Å². The van der Waals surface area contributed by atoms with E-state index in [1.807, 2.05) is 32.0 Å². The molecule has 146 valence electrons. The molecule has 1 N–H and O–H groups in total. The summed E-state index contributed by atoms with van der Waals surface area (Å²) < 4.78 is 10.6. The molecular formula is C22H23NO4S. The topological polar surface area (TPSA) is 68.5 Å². The van der Waals surface area contributed by atoms with Gasteiger partial charge in [-0.3, -0.25) is 9.59 Å². The van der Waals surface area contributed by atoms with Crippen molar-refractivity contribution in [3.05, 3.63) is 65.4 Å². The maximum atomic E-state index is 12.0. The van der Waals surface area contributed by atoms with Gasteiger partial charge in [0, 0.05) is 28.1 Å². The minimum Gasteiger partial charge on any atom is -0.464 e. The Morgan fingerprint density at radius 3 is 2.61 bits per heavy atom. The van der Waals surface area contributed by atoms with E-state index in [4.69, 9.17) is 9.15 Å². The lowest BCUT2D eigenvalue weighted by Gasteiger charge is -2.07. The molecule has 0 bridgehead atoms. The summed E-state index contributed by atoms with van der Waals surface area (Å²) in [5.41, 5.74) is 3.81. The number of fused-ring (bicyclic) bond motifs is 1. The zero-order chi connectivity index (χ0) is 19.9. The molecule has 2 aromatic carbocycles. The third kappa shape index (κ3) is 5.63. The molecular weight excluding hydrogens is 374 g/mol. The van der Waals surface area contributed by atoms with Gasteiger partial charge in [0.15, 0.2) is 6.61 Å². The normalized spacial score (nSPS) is 10.8. The molecule has 0 radical (unpaired) electrons. The Morgan fingerprint density at radius 1 is 1.07 bits per heavy atom. The van der Waals surface area contributed by atoms with Crippen molar-refractivity contribution in [3.63, 3.8) is 0 Å². The number of carbonyl (C=O) groups is 2. The van der Waals surface area contributed by atoms with Crippen LogP contribution in [-0.4, -0.2) is 30.8 Å². The van der Waals surface area contributed by atoms with Crippen LogP contribution in [0.2, 0.25) is 0 Å². The van der Waals surface area contributed by atoms with Crippen molar-refractivity contribution in [2.75, 3.05) is 18.9 Å². The Kier molecular flexibility index (Phi) is 6.76. The van der Waals surface area contributed by atoms with Crippen LogP contribution in [0.3, 0.4) is 0 Å². The number of carbonyl (C=O) groups excluding carboxylic acids is 2. The number of benzene rings is 2. The van der Waals surface area contributed by atoms with Crippen LogP contribution < -0.4 is 5.32 Å². The Balaban J connectivity index is 1.36. The van der Waals surface area contributed by atoms with Crippen LogP contribution in [0.25, 0.3) is 11.0 Å². The molecule has 3 aromatic rings. The predicted molar refractivity (Wildman–Crippen MR) is 111 cm³/mol. The summed E-state index contributed by atoms with van der Waals surface area (Å²) >= 11 is 1.67. The highest BCUT2D eigenvalue weighted by Gasteiger charge is 2.13. The molecule has 0 aliphatic carbocycles. The van der Waals surface area contributed by atoms with Crippen LogP contribution in [-0.2, 0) is 20.7 Å². The molecule has 0 spiro atoms. The summed E-state index contributed by atoms with van der Waals surface area (Å²) in [6, 6.07) is 14.1. The maximum Gasteiger partial charge on any atom is 0.310 e. The van der Waals surface area contributed by atoms with Gasteiger partial charge in [0.25, 0.3) is 5.91 Å². The first-order valence-corrected chi connectivity index (χ1v) is 10.1. The number of hydrogen-bond acceptors (Lipinski definition) is 5. The first-order chi connectivity index (χ1) is 13.5. The van der Waals surface area contributed by atoms with Crippen molar-refractivity contribution in [1.29, 1.82) is 0 Å². The zero-order valence-corrected chi connectivity index (χ0v) is 16.8. The standard InChI is InChI=1S/C22H23NO4S/c1-15-3-6-18(7-4-15)28-10-9-23-21(24)14-27-22(25)12-17-13-26-20-11-16(2)5-8-19(17)20/h3-8,11,13H,9-10,12,14H2,1-2H3,(H,23,24). The number of thioether (sulfide) groups is 1. The molecule has 0 saturated heterocycles. The third-order valence-electron chi connectivity index (χ3n) is 4.22. The van der Waals surface area contributed by atoms with Crippen molar-refractivity contribution < 1.29 is 18.7 Å². The zero-order valence-electron chi connectivity index (χ0n) is 16.0. The Bertz CT molecular complexity index is 962. The third-order valence-corrected chi connectivity index (χ3v) is 5.24. The molecule has 0 unspecified atom stereocenters. The molecule has 1 amide bonds. The first-order valence-electron chi connectivity index (χ1n) is 9.10. The lowest BCUT2D eigenvalue weighted by molar-refractivity contribution is -0.147. The fourth-order valence-corrected chi connectivity index (χ4v) is 3.49. The number of esters is 1. The molecule has 3 rings (SSSR count). The number of aryl methyl sites for hydroxylation is 2. The predicted octanol–water partition coefficient (Wildman–Crippen LogP) is 4.04. The van der Waals surface area contributed by atoms with Gasteiger partial charge in [-0.05, 0) is 37.6 Å². The highest BCUT2D eigenvalue weighted by Crippen LogP contribution is 2.23. The van der Waals surface area contributed by atoms with E-state index in [0.29, 0.717) is 6.54 Å². The second kappa shape index (κ2) is 9.46. The highest BCUT2D eigenvalue weighted by molar-refractivity contribution is 7.99. The van der Waals surface area contributed by atoms with Gasteiger partial charge in [-0.2, -0.15) is 0 Å². The molecule has 0 atom stereocenters. The molecule has 1 aromatic heterocycles. The molecule has 0 fully saturated rings. The number of amides is 1. The summed E-state index contributed by atoms with van der Waals surface area (Å²) in [6.07, 6.45) is 1.64. The monoisotopic (exact) mass is 397 g/mol. The van der Waals surface area contributed by atoms with Crippen LogP contribution in [0, 0.1) is 13.8 Å². The lowest BCUT2D eigenvalue weighted by atomic mass is 10.1. The molecule has 5 nitrogen and oxygen atoms in total. The van der Waals surface area contributed by atoms with Crippen LogP contribution in [0.4, 0.5) is 0 Å². The van der Waals surface area contributed by atoms with E-state index in [9.17, 15) is 9.59 Å². The van der Waals surface area contributed by atoms with Crippen molar-refractivity contribution in [2.24, 2.45) is 0 Å². The van der Waals surface area contributed by atoms with Crippen LogP contribution >= 0.6 is 11.8 Å². The van der Waals surface area contributed by atoms with Gasteiger partial charge in [-0.1, -0.05) is 29.8 Å². The second-order valence-corrected chi connectivity index (χ2v) is 7.78. The number of ether oxygens (including phenoxy) is 1. The van der Waals surface area contributed by atoms with Gasteiger partial charge in [0.1, 0.15) is 5.58 Å². The lowest BCUT2D eigenvalue weighted by Crippen LogP contribution is -2.30. The van der Waals surface area contributed by atoms with Gasteiger partial charge < -0.3 is 14.5 Å². The number of nitrogens with one attached hydrogen (secondary N) is 1. The van der Waals surface area contributed by atoms with Gasteiger partial charge in [0.05, 0.1) is 12.7 Å². The average molecular weight is 397 g/mol. The number of rotatable bonds is 8. The van der Waals surface area contributed by atoms with E-state index in [2.05, 4.69) is 29.6 Å². The van der Waals surface area contributed by atoms with Gasteiger partial charge >= 0.3 is 5.97 Å². The largest absolute Gasteiger partial charge is 0.464 e. The van der Waals surface area contributed by atoms with E-state index < -0.39 is 5.97 Å². The summed E-state index contributed by atoms with van der Waals surface area (Å²) in [5, 5.41) is 3.65. The Morgan fingerprint density at radius 2 is 1.82 bits per heavy atom. The first kappa shape index (κ1) is 20.0. The van der Waals surface area contributed by atoms with E-state index >= 15 is 0 Å². The van der Waals surface area contributed by atoms with Gasteiger partial charge in [-0.15, -0.1) is 11.8 Å². The summed E-state index contributed by atoms with van der Waals surface area (Å²) in [4.78, 5) is 25.0. The second-order valence-electron chi connectivity index (χ2n) is 6.61. The van der Waals surface area contributed by atoms with Crippen molar-refractivity contribution in [2.45, 2.75) is 25.2 Å². The minimum atomic E-state index is -0.451. The van der Waals surface area contributed by atoms with Gasteiger partial charge in [-0.25, -0.2) is 0 Å². The molecule has 28 heavy (non-hydrogen) atoms. The smallest absolute Gasteiger partial charge is 0.310 e. The maximum absolute atomic E-state index is 12.0. The summed E-state index contributed by atoms with van der Waals surface area (Å²) in [7, 11) is 0. The molecule has 0 saturated carbocycles. The highest BCUT2D eigenvalue weighted by atomic mass is 32.2. The molecule has 6 heteroatoms. The quantitative estimate of drug-likeness (QED) is 0.353. The summed E-state index contributed by atoms with van der Waals surface area (Å²) in [6.45, 7) is 4.27. The minimum absolute atomic E-state index is 0.0760. The van der Waals surface area contributed by atoms with Crippen LogP contribution in [0.15, 0.2) is 58.0 Å². The molecule has 0 aliphatic heterocycles. The fourth-order valence-electron chi connectivity index (χ4n) is 2.72. The van der Waals surface area contributed by atoms with E-state index in [-0.39, 0.29) is 18.9 Å². The SMILES string of the molecule is Cc1ccc(SCCNC(=O)COC(=O)Cc2coc3cc(C)ccc23)cc1. The van der Waals surface area contributed by atoms with Crippen molar-refractivity contribution in [1.82, 2.24) is 5.32 Å². The van der Waals surface area contributed by atoms with Crippen LogP contribution in [0.5, 0.6) is 0 Å². The molecule has 0 aliphatic rings. The van der Waals surface area contributed by atoms with Crippen molar-refractivity contribution in [3.8, 4) is 0 Å². The van der Waals surface area contributed by atoms with Crippen molar-refractivity contribution >= 4 is 34.6 Å². The fraction of sp³-hybridized carbons (Fsp3) is 0.273. The molecule has 1 heterocycles. The van der Waals surface area contributed by atoms with E-state index in [1.165, 1.54) is 5.56 Å².